The number of benzene rings is 1. The van der Waals surface area contributed by atoms with E-state index < -0.39 is 0 Å². The van der Waals surface area contributed by atoms with Crippen molar-refractivity contribution in [1.29, 1.82) is 0 Å². The smallest absolute Gasteiger partial charge is 0.270 e. The number of amides is 1. The minimum atomic E-state index is -0.339. The number of aromatic amines is 1. The van der Waals surface area contributed by atoms with Crippen LogP contribution in [0.3, 0.4) is 0 Å². The molecule has 5 rings (SSSR count). The monoisotopic (exact) mass is 411 g/mol. The fourth-order valence-corrected chi connectivity index (χ4v) is 4.45. The Labute approximate surface area is 169 Å². The van der Waals surface area contributed by atoms with E-state index in [1.54, 1.807) is 35.4 Å². The molecule has 1 N–H and O–H groups in total. The Bertz CT molecular complexity index is 1270. The van der Waals surface area contributed by atoms with E-state index in [0.717, 1.165) is 5.69 Å². The molecule has 4 aromatic rings. The number of H-pyrrole nitrogens is 1. The standard InChI is InChI=1S/C20H18FN5O2S/c21-15-2-1-3-16-14(15)11-17(23-16)19(28)25-6-4-24(5-7-25)12-13-10-18(27)26-8-9-29-20(26)22-13/h1-3,8-11,23H,4-7,12H2. The van der Waals surface area contributed by atoms with Crippen molar-refractivity contribution in [1.82, 2.24) is 24.2 Å². The van der Waals surface area contributed by atoms with Crippen molar-refractivity contribution >= 4 is 33.1 Å². The molecule has 148 valence electrons. The van der Waals surface area contributed by atoms with Gasteiger partial charge in [0.1, 0.15) is 11.5 Å². The number of rotatable bonds is 3. The molecule has 1 amide bonds. The molecular weight excluding hydrogens is 393 g/mol. The van der Waals surface area contributed by atoms with Gasteiger partial charge in [0.15, 0.2) is 4.96 Å². The van der Waals surface area contributed by atoms with E-state index in [2.05, 4.69) is 14.9 Å². The fraction of sp³-hybridized carbons (Fsp3) is 0.250. The molecule has 0 spiro atoms. The van der Waals surface area contributed by atoms with Gasteiger partial charge in [0.25, 0.3) is 11.5 Å². The third-order valence-corrected chi connectivity index (χ3v) is 6.00. The molecule has 29 heavy (non-hydrogen) atoms. The van der Waals surface area contributed by atoms with Crippen LogP contribution in [0.2, 0.25) is 0 Å². The Morgan fingerprint density at radius 1 is 1.21 bits per heavy atom. The summed E-state index contributed by atoms with van der Waals surface area (Å²) in [6.07, 6.45) is 1.72. The lowest BCUT2D eigenvalue weighted by atomic mass is 10.2. The summed E-state index contributed by atoms with van der Waals surface area (Å²) < 4.78 is 15.4. The van der Waals surface area contributed by atoms with Gasteiger partial charge in [-0.2, -0.15) is 0 Å². The molecule has 0 aliphatic carbocycles. The number of carbonyl (C=O) groups excluding carboxylic acids is 1. The number of hydrogen-bond donors (Lipinski definition) is 1. The summed E-state index contributed by atoms with van der Waals surface area (Å²) in [6, 6.07) is 7.90. The van der Waals surface area contributed by atoms with Gasteiger partial charge < -0.3 is 9.88 Å². The van der Waals surface area contributed by atoms with Gasteiger partial charge in [-0.25, -0.2) is 9.37 Å². The summed E-state index contributed by atoms with van der Waals surface area (Å²) in [4.78, 5) is 37.1. The van der Waals surface area contributed by atoms with E-state index >= 15 is 0 Å². The van der Waals surface area contributed by atoms with E-state index in [9.17, 15) is 14.0 Å². The van der Waals surface area contributed by atoms with Gasteiger partial charge >= 0.3 is 0 Å². The van der Waals surface area contributed by atoms with Crippen LogP contribution in [0.1, 0.15) is 16.2 Å². The topological polar surface area (TPSA) is 73.7 Å². The molecule has 0 saturated carbocycles. The quantitative estimate of drug-likeness (QED) is 0.562. The molecule has 1 fully saturated rings. The third-order valence-electron chi connectivity index (χ3n) is 5.24. The molecule has 1 saturated heterocycles. The fourth-order valence-electron chi connectivity index (χ4n) is 3.71. The minimum absolute atomic E-state index is 0.0777. The highest BCUT2D eigenvalue weighted by molar-refractivity contribution is 7.15. The molecule has 0 bridgehead atoms. The number of halogens is 1. The minimum Gasteiger partial charge on any atom is -0.350 e. The maximum Gasteiger partial charge on any atom is 0.270 e. The largest absolute Gasteiger partial charge is 0.350 e. The molecule has 1 aliphatic heterocycles. The second-order valence-electron chi connectivity index (χ2n) is 7.09. The SMILES string of the molecule is O=C(c1cc2c(F)cccc2[nH]1)N1CCN(Cc2cc(=O)n3ccsc3n2)CC1. The summed E-state index contributed by atoms with van der Waals surface area (Å²) in [6.45, 7) is 3.08. The third kappa shape index (κ3) is 3.32. The second kappa shape index (κ2) is 7.09. The number of nitrogens with one attached hydrogen (secondary N) is 1. The normalized spacial score (nSPS) is 15.4. The summed E-state index contributed by atoms with van der Waals surface area (Å²) in [5, 5.41) is 2.27. The van der Waals surface area contributed by atoms with Crippen LogP contribution in [-0.2, 0) is 6.54 Å². The van der Waals surface area contributed by atoms with E-state index in [1.807, 2.05) is 5.38 Å². The molecule has 1 aliphatic rings. The Morgan fingerprint density at radius 3 is 2.83 bits per heavy atom. The average Bonchev–Trinajstić information content (AvgIpc) is 3.36. The molecule has 3 aromatic heterocycles. The number of aromatic nitrogens is 3. The van der Waals surface area contributed by atoms with Gasteiger partial charge in [-0.15, -0.1) is 11.3 Å². The lowest BCUT2D eigenvalue weighted by Crippen LogP contribution is -2.48. The first-order valence-electron chi connectivity index (χ1n) is 9.33. The van der Waals surface area contributed by atoms with Crippen molar-refractivity contribution in [2.45, 2.75) is 6.54 Å². The van der Waals surface area contributed by atoms with Crippen LogP contribution in [0.25, 0.3) is 15.9 Å². The molecule has 0 atom stereocenters. The lowest BCUT2D eigenvalue weighted by molar-refractivity contribution is 0.0622. The zero-order chi connectivity index (χ0) is 20.0. The van der Waals surface area contributed by atoms with Gasteiger partial charge in [0, 0.05) is 61.3 Å². The highest BCUT2D eigenvalue weighted by Gasteiger charge is 2.24. The van der Waals surface area contributed by atoms with Crippen LogP contribution in [0.4, 0.5) is 4.39 Å². The number of thiazole rings is 1. The predicted octanol–water partition coefficient (Wildman–Crippen LogP) is 2.33. The van der Waals surface area contributed by atoms with Crippen molar-refractivity contribution in [2.24, 2.45) is 0 Å². The van der Waals surface area contributed by atoms with Crippen molar-refractivity contribution in [3.63, 3.8) is 0 Å². The van der Waals surface area contributed by atoms with Crippen LogP contribution in [0.15, 0.2) is 46.7 Å². The van der Waals surface area contributed by atoms with Gasteiger partial charge in [0.05, 0.1) is 5.69 Å². The van der Waals surface area contributed by atoms with Crippen LogP contribution >= 0.6 is 11.3 Å². The molecule has 0 unspecified atom stereocenters. The van der Waals surface area contributed by atoms with Crippen LogP contribution in [0.5, 0.6) is 0 Å². The molecular formula is C20H18FN5O2S. The molecule has 1 aromatic carbocycles. The van der Waals surface area contributed by atoms with Gasteiger partial charge in [-0.1, -0.05) is 6.07 Å². The van der Waals surface area contributed by atoms with Crippen molar-refractivity contribution < 1.29 is 9.18 Å². The summed E-state index contributed by atoms with van der Waals surface area (Å²) in [5.41, 5.74) is 1.68. The van der Waals surface area contributed by atoms with E-state index in [0.29, 0.717) is 54.3 Å². The Balaban J connectivity index is 1.26. The predicted molar refractivity (Wildman–Crippen MR) is 109 cm³/mol. The first kappa shape index (κ1) is 18.0. The van der Waals surface area contributed by atoms with E-state index in [-0.39, 0.29) is 17.3 Å². The first-order chi connectivity index (χ1) is 14.1. The lowest BCUT2D eigenvalue weighted by Gasteiger charge is -2.34. The summed E-state index contributed by atoms with van der Waals surface area (Å²) in [7, 11) is 0. The maximum atomic E-state index is 13.9. The Morgan fingerprint density at radius 2 is 2.03 bits per heavy atom. The van der Waals surface area contributed by atoms with Gasteiger partial charge in [-0.05, 0) is 18.2 Å². The number of nitrogens with zero attached hydrogens (tertiary/aromatic N) is 4. The number of piperazine rings is 1. The second-order valence-corrected chi connectivity index (χ2v) is 7.97. The van der Waals surface area contributed by atoms with Gasteiger partial charge in [-0.3, -0.25) is 18.9 Å². The Kier molecular flexibility index (Phi) is 4.40. The Hall–Kier alpha value is -3.04. The summed E-state index contributed by atoms with van der Waals surface area (Å²) in [5.74, 6) is -0.467. The molecule has 4 heterocycles. The van der Waals surface area contributed by atoms with Crippen LogP contribution < -0.4 is 5.56 Å². The highest BCUT2D eigenvalue weighted by atomic mass is 32.1. The van der Waals surface area contributed by atoms with Crippen molar-refractivity contribution in [3.8, 4) is 0 Å². The number of fused-ring (bicyclic) bond motifs is 2. The van der Waals surface area contributed by atoms with Crippen molar-refractivity contribution in [3.05, 3.63) is 69.5 Å². The molecule has 0 radical (unpaired) electrons. The van der Waals surface area contributed by atoms with Crippen molar-refractivity contribution in [2.75, 3.05) is 26.2 Å². The first-order valence-corrected chi connectivity index (χ1v) is 10.2. The van der Waals surface area contributed by atoms with Crippen LogP contribution in [-0.4, -0.2) is 56.3 Å². The average molecular weight is 411 g/mol. The number of hydrogen-bond acceptors (Lipinski definition) is 5. The van der Waals surface area contributed by atoms with Gasteiger partial charge in [0.2, 0.25) is 0 Å². The van der Waals surface area contributed by atoms with E-state index in [4.69, 9.17) is 0 Å². The van der Waals surface area contributed by atoms with E-state index in [1.165, 1.54) is 21.8 Å². The molecule has 7 nitrogen and oxygen atoms in total. The molecule has 9 heteroatoms. The maximum absolute atomic E-state index is 13.9. The summed E-state index contributed by atoms with van der Waals surface area (Å²) >= 11 is 1.43. The highest BCUT2D eigenvalue weighted by Crippen LogP contribution is 2.20. The van der Waals surface area contributed by atoms with Crippen LogP contribution in [0, 0.1) is 5.82 Å². The zero-order valence-corrected chi connectivity index (χ0v) is 16.3. The number of carbonyl (C=O) groups is 1. The zero-order valence-electron chi connectivity index (χ0n) is 15.5.